The largest absolute Gasteiger partial charge is 0.478 e. The van der Waals surface area contributed by atoms with Crippen LogP contribution in [0.4, 0.5) is 21.6 Å². The third kappa shape index (κ3) is 5.02. The number of ether oxygens (including phenoxy) is 1. The Kier molecular flexibility index (Phi) is 5.84. The highest BCUT2D eigenvalue weighted by Crippen LogP contribution is 2.20. The summed E-state index contributed by atoms with van der Waals surface area (Å²) in [5.74, 6) is 0.312. The Labute approximate surface area is 177 Å². The fourth-order valence-corrected chi connectivity index (χ4v) is 2.73. The topological polar surface area (TPSA) is 94.0 Å². The molecule has 0 radical (unpaired) electrons. The summed E-state index contributed by atoms with van der Waals surface area (Å²) in [6.07, 6.45) is 2.59. The highest BCUT2D eigenvalue weighted by Gasteiger charge is 2.16. The van der Waals surface area contributed by atoms with Gasteiger partial charge in [-0.3, -0.25) is 4.79 Å². The molecule has 2 aromatic heterocycles. The Hall–Kier alpha value is -4.27. The molecule has 0 fully saturated rings. The molecule has 156 valence electrons. The van der Waals surface area contributed by atoms with Crippen molar-refractivity contribution >= 4 is 23.1 Å². The number of para-hydroxylation sites is 1. The standard InChI is InChI=1S/C22H19FN6O2/c1-15(31-19-6-3-2-5-18(19)23)22(30)26-17-9-7-16(8-10-17)25-20-11-12-21(28-27-20)29-14-4-13-24-29/h2-15H,1H3,(H,25,27)(H,26,30). The normalized spacial score (nSPS) is 11.5. The molecule has 1 amide bonds. The van der Waals surface area contributed by atoms with E-state index in [0.717, 1.165) is 5.69 Å². The maximum atomic E-state index is 13.7. The van der Waals surface area contributed by atoms with Crippen LogP contribution in [-0.4, -0.2) is 32.0 Å². The van der Waals surface area contributed by atoms with Gasteiger partial charge in [0, 0.05) is 23.8 Å². The molecule has 8 nitrogen and oxygen atoms in total. The van der Waals surface area contributed by atoms with E-state index in [9.17, 15) is 9.18 Å². The maximum absolute atomic E-state index is 13.7. The van der Waals surface area contributed by atoms with Crippen LogP contribution < -0.4 is 15.4 Å². The molecule has 0 aliphatic rings. The molecule has 1 atom stereocenters. The lowest BCUT2D eigenvalue weighted by Crippen LogP contribution is -2.30. The molecule has 0 bridgehead atoms. The predicted octanol–water partition coefficient (Wildman–Crippen LogP) is 3.95. The van der Waals surface area contributed by atoms with Crippen molar-refractivity contribution in [3.63, 3.8) is 0 Å². The number of hydrogen-bond acceptors (Lipinski definition) is 6. The second-order valence-corrected chi connectivity index (χ2v) is 6.61. The first-order valence-corrected chi connectivity index (χ1v) is 9.51. The SMILES string of the molecule is CC(Oc1ccccc1F)C(=O)Nc1ccc(Nc2ccc(-n3cccn3)nn2)cc1. The number of nitrogens with one attached hydrogen (secondary N) is 2. The average molecular weight is 418 g/mol. The number of rotatable bonds is 7. The van der Waals surface area contributed by atoms with E-state index in [1.54, 1.807) is 78.6 Å². The smallest absolute Gasteiger partial charge is 0.265 e. The Morgan fingerprint density at radius 1 is 1.00 bits per heavy atom. The van der Waals surface area contributed by atoms with Crippen molar-refractivity contribution in [2.75, 3.05) is 10.6 Å². The maximum Gasteiger partial charge on any atom is 0.265 e. The first-order valence-electron chi connectivity index (χ1n) is 9.51. The molecule has 9 heteroatoms. The second-order valence-electron chi connectivity index (χ2n) is 6.61. The van der Waals surface area contributed by atoms with E-state index in [0.29, 0.717) is 17.3 Å². The van der Waals surface area contributed by atoms with Crippen molar-refractivity contribution < 1.29 is 13.9 Å². The van der Waals surface area contributed by atoms with Crippen LogP contribution in [0, 0.1) is 5.82 Å². The summed E-state index contributed by atoms with van der Waals surface area (Å²) in [6, 6.07) is 18.4. The van der Waals surface area contributed by atoms with Gasteiger partial charge in [-0.05, 0) is 61.5 Å². The molecule has 0 saturated carbocycles. The molecule has 4 aromatic rings. The van der Waals surface area contributed by atoms with Crippen LogP contribution in [0.2, 0.25) is 0 Å². The molecule has 1 unspecified atom stereocenters. The lowest BCUT2D eigenvalue weighted by molar-refractivity contribution is -0.122. The predicted molar refractivity (Wildman–Crippen MR) is 114 cm³/mol. The van der Waals surface area contributed by atoms with Crippen molar-refractivity contribution in [3.05, 3.63) is 84.9 Å². The van der Waals surface area contributed by atoms with E-state index >= 15 is 0 Å². The zero-order valence-electron chi connectivity index (χ0n) is 16.6. The fraction of sp³-hybridized carbons (Fsp3) is 0.0909. The third-order valence-corrected chi connectivity index (χ3v) is 4.32. The van der Waals surface area contributed by atoms with Gasteiger partial charge in [0.25, 0.3) is 5.91 Å². The first kappa shape index (κ1) is 20.0. The van der Waals surface area contributed by atoms with Crippen LogP contribution in [0.15, 0.2) is 79.1 Å². The van der Waals surface area contributed by atoms with Crippen molar-refractivity contribution in [3.8, 4) is 11.6 Å². The first-order chi connectivity index (χ1) is 15.1. The van der Waals surface area contributed by atoms with Gasteiger partial charge in [-0.2, -0.15) is 5.10 Å². The summed E-state index contributed by atoms with van der Waals surface area (Å²) >= 11 is 0. The number of carbonyl (C=O) groups excluding carboxylic acids is 1. The molecule has 0 spiro atoms. The van der Waals surface area contributed by atoms with Crippen LogP contribution in [0.1, 0.15) is 6.92 Å². The van der Waals surface area contributed by atoms with Gasteiger partial charge in [-0.15, -0.1) is 10.2 Å². The summed E-state index contributed by atoms with van der Waals surface area (Å²) in [5.41, 5.74) is 1.36. The van der Waals surface area contributed by atoms with Crippen LogP contribution >= 0.6 is 0 Å². The Bertz CT molecular complexity index is 1150. The Morgan fingerprint density at radius 2 is 1.77 bits per heavy atom. The van der Waals surface area contributed by atoms with E-state index in [2.05, 4.69) is 25.9 Å². The van der Waals surface area contributed by atoms with Crippen LogP contribution in [0.25, 0.3) is 5.82 Å². The van der Waals surface area contributed by atoms with E-state index in [-0.39, 0.29) is 11.7 Å². The summed E-state index contributed by atoms with van der Waals surface area (Å²) in [5, 5.41) is 18.2. The number of benzene rings is 2. The molecule has 2 heterocycles. The quantitative estimate of drug-likeness (QED) is 0.472. The lowest BCUT2D eigenvalue weighted by Gasteiger charge is -2.15. The number of aromatic nitrogens is 4. The van der Waals surface area contributed by atoms with E-state index in [1.807, 2.05) is 0 Å². The summed E-state index contributed by atoms with van der Waals surface area (Å²) in [7, 11) is 0. The number of nitrogens with zero attached hydrogens (tertiary/aromatic N) is 4. The lowest BCUT2D eigenvalue weighted by atomic mass is 10.2. The average Bonchev–Trinajstić information content (AvgIpc) is 3.32. The molecule has 0 saturated heterocycles. The minimum Gasteiger partial charge on any atom is -0.478 e. The summed E-state index contributed by atoms with van der Waals surface area (Å²) in [4.78, 5) is 12.3. The van der Waals surface area contributed by atoms with Gasteiger partial charge < -0.3 is 15.4 Å². The Morgan fingerprint density at radius 3 is 2.45 bits per heavy atom. The number of carbonyl (C=O) groups is 1. The van der Waals surface area contributed by atoms with Crippen LogP contribution in [-0.2, 0) is 4.79 Å². The zero-order chi connectivity index (χ0) is 21.6. The van der Waals surface area contributed by atoms with Crippen molar-refractivity contribution in [2.24, 2.45) is 0 Å². The summed E-state index contributed by atoms with van der Waals surface area (Å²) in [6.45, 7) is 1.56. The van der Waals surface area contributed by atoms with Gasteiger partial charge in [-0.1, -0.05) is 12.1 Å². The van der Waals surface area contributed by atoms with Gasteiger partial charge in [0.1, 0.15) is 0 Å². The van der Waals surface area contributed by atoms with E-state index in [4.69, 9.17) is 4.74 Å². The molecular weight excluding hydrogens is 399 g/mol. The molecule has 2 N–H and O–H groups in total. The molecule has 0 aliphatic heterocycles. The third-order valence-electron chi connectivity index (χ3n) is 4.32. The number of amides is 1. The molecule has 2 aromatic carbocycles. The highest BCUT2D eigenvalue weighted by atomic mass is 19.1. The number of halogens is 1. The van der Waals surface area contributed by atoms with Crippen molar-refractivity contribution in [1.29, 1.82) is 0 Å². The van der Waals surface area contributed by atoms with E-state index < -0.39 is 11.9 Å². The molecular formula is C22H19FN6O2. The highest BCUT2D eigenvalue weighted by molar-refractivity contribution is 5.94. The van der Waals surface area contributed by atoms with Crippen molar-refractivity contribution in [1.82, 2.24) is 20.0 Å². The zero-order valence-corrected chi connectivity index (χ0v) is 16.6. The molecule has 4 rings (SSSR count). The van der Waals surface area contributed by atoms with Gasteiger partial charge >= 0.3 is 0 Å². The van der Waals surface area contributed by atoms with Crippen LogP contribution in [0.5, 0.6) is 5.75 Å². The van der Waals surface area contributed by atoms with Crippen molar-refractivity contribution in [2.45, 2.75) is 13.0 Å². The molecule has 0 aliphatic carbocycles. The fourth-order valence-electron chi connectivity index (χ4n) is 2.73. The minimum atomic E-state index is -0.863. The van der Waals surface area contributed by atoms with Gasteiger partial charge in [0.05, 0.1) is 0 Å². The van der Waals surface area contributed by atoms with Gasteiger partial charge in [-0.25, -0.2) is 9.07 Å². The van der Waals surface area contributed by atoms with E-state index in [1.165, 1.54) is 12.1 Å². The van der Waals surface area contributed by atoms with Gasteiger partial charge in [0.15, 0.2) is 29.3 Å². The number of hydrogen-bond donors (Lipinski definition) is 2. The monoisotopic (exact) mass is 418 g/mol. The number of anilines is 3. The second kappa shape index (κ2) is 9.04. The Balaban J connectivity index is 1.33. The summed E-state index contributed by atoms with van der Waals surface area (Å²) < 4.78 is 20.7. The van der Waals surface area contributed by atoms with Crippen LogP contribution in [0.3, 0.4) is 0 Å². The van der Waals surface area contributed by atoms with Gasteiger partial charge in [0.2, 0.25) is 0 Å². The molecule has 31 heavy (non-hydrogen) atoms. The minimum absolute atomic E-state index is 0.0318.